The largest absolute Gasteiger partial charge is 0.373 e. The molecule has 0 bridgehead atoms. The Bertz CT molecular complexity index is 977. The first-order valence-corrected chi connectivity index (χ1v) is 8.79. The van der Waals surface area contributed by atoms with Gasteiger partial charge >= 0.3 is 0 Å². The molecule has 0 aliphatic carbocycles. The topological polar surface area (TPSA) is 76.8 Å². The summed E-state index contributed by atoms with van der Waals surface area (Å²) in [5.74, 6) is 0.928. The van der Waals surface area contributed by atoms with Gasteiger partial charge in [-0.1, -0.05) is 29.3 Å². The zero-order valence-corrected chi connectivity index (χ0v) is 15.3. The molecular weight excluding hydrogens is 361 g/mol. The SMILES string of the molecule is CNc1cnc(C(=O)N2CCc3[nH]c4c(Cl)c(Cl)ccc4c3C2C)[nH]1. The standard InChI is InChI=1S/C17H17Cl2N5O/c1-8-13-9-3-4-10(18)14(19)15(9)22-11(13)5-6-24(8)17(25)16-21-7-12(20-2)23-16/h3-4,7-8,20,22H,5-6H2,1-2H3,(H,21,23). The third kappa shape index (κ3) is 2.48. The molecule has 2 aromatic heterocycles. The van der Waals surface area contributed by atoms with Gasteiger partial charge in [0, 0.05) is 36.7 Å². The molecule has 6 nitrogen and oxygen atoms in total. The highest BCUT2D eigenvalue weighted by Crippen LogP contribution is 2.40. The van der Waals surface area contributed by atoms with E-state index in [1.54, 1.807) is 19.3 Å². The van der Waals surface area contributed by atoms with Crippen LogP contribution in [0.3, 0.4) is 0 Å². The van der Waals surface area contributed by atoms with Crippen molar-refractivity contribution in [1.29, 1.82) is 0 Å². The molecule has 3 N–H and O–H groups in total. The summed E-state index contributed by atoms with van der Waals surface area (Å²) in [6.07, 6.45) is 2.34. The lowest BCUT2D eigenvalue weighted by Gasteiger charge is -2.33. The van der Waals surface area contributed by atoms with Crippen LogP contribution in [0.2, 0.25) is 10.0 Å². The van der Waals surface area contributed by atoms with Crippen LogP contribution in [0.4, 0.5) is 5.82 Å². The van der Waals surface area contributed by atoms with E-state index in [-0.39, 0.29) is 11.9 Å². The predicted octanol–water partition coefficient (Wildman–Crippen LogP) is 4.00. The average molecular weight is 378 g/mol. The maximum Gasteiger partial charge on any atom is 0.290 e. The van der Waals surface area contributed by atoms with E-state index in [2.05, 4.69) is 20.3 Å². The van der Waals surface area contributed by atoms with Gasteiger partial charge in [-0.3, -0.25) is 4.79 Å². The van der Waals surface area contributed by atoms with Gasteiger partial charge in [0.15, 0.2) is 5.82 Å². The number of halogens is 2. The number of fused-ring (bicyclic) bond motifs is 3. The Kier molecular flexibility index (Phi) is 3.89. The minimum atomic E-state index is -0.117. The number of nitrogens with one attached hydrogen (secondary N) is 3. The number of hydrogen-bond acceptors (Lipinski definition) is 3. The van der Waals surface area contributed by atoms with Crippen molar-refractivity contribution >= 4 is 45.8 Å². The maximum atomic E-state index is 12.9. The van der Waals surface area contributed by atoms with E-state index < -0.39 is 0 Å². The van der Waals surface area contributed by atoms with Crippen LogP contribution in [0.15, 0.2) is 18.3 Å². The van der Waals surface area contributed by atoms with E-state index >= 15 is 0 Å². The Balaban J connectivity index is 1.74. The van der Waals surface area contributed by atoms with Gasteiger partial charge in [-0.15, -0.1) is 0 Å². The van der Waals surface area contributed by atoms with Crippen LogP contribution in [-0.4, -0.2) is 39.4 Å². The molecule has 1 aliphatic heterocycles. The fourth-order valence-corrected chi connectivity index (χ4v) is 3.87. The van der Waals surface area contributed by atoms with Crippen molar-refractivity contribution < 1.29 is 4.79 Å². The first-order valence-electron chi connectivity index (χ1n) is 8.03. The monoisotopic (exact) mass is 377 g/mol. The van der Waals surface area contributed by atoms with E-state index in [1.165, 1.54) is 0 Å². The van der Waals surface area contributed by atoms with Crippen LogP contribution in [0.25, 0.3) is 10.9 Å². The van der Waals surface area contributed by atoms with Crippen molar-refractivity contribution in [2.45, 2.75) is 19.4 Å². The van der Waals surface area contributed by atoms with Crippen LogP contribution in [0.5, 0.6) is 0 Å². The van der Waals surface area contributed by atoms with Crippen molar-refractivity contribution in [2.24, 2.45) is 0 Å². The molecule has 3 heterocycles. The van der Waals surface area contributed by atoms with E-state index in [4.69, 9.17) is 23.2 Å². The highest BCUT2D eigenvalue weighted by atomic mass is 35.5. The smallest absolute Gasteiger partial charge is 0.290 e. The summed E-state index contributed by atoms with van der Waals surface area (Å²) in [7, 11) is 1.78. The lowest BCUT2D eigenvalue weighted by atomic mass is 9.97. The Labute approximate surface area is 154 Å². The second-order valence-corrected chi connectivity index (χ2v) is 6.91. The van der Waals surface area contributed by atoms with Gasteiger partial charge in [0.05, 0.1) is 27.8 Å². The van der Waals surface area contributed by atoms with Gasteiger partial charge in [0.1, 0.15) is 5.82 Å². The number of benzene rings is 1. The number of H-pyrrole nitrogens is 2. The summed E-state index contributed by atoms with van der Waals surface area (Å²) in [4.78, 5) is 25.3. The van der Waals surface area contributed by atoms with Crippen molar-refractivity contribution in [1.82, 2.24) is 19.9 Å². The highest BCUT2D eigenvalue weighted by molar-refractivity contribution is 6.45. The molecular formula is C17H17Cl2N5O. The number of imidazole rings is 1. The highest BCUT2D eigenvalue weighted by Gasteiger charge is 2.32. The Morgan fingerprint density at radius 3 is 2.88 bits per heavy atom. The molecule has 1 atom stereocenters. The number of carbonyl (C=O) groups is 1. The summed E-state index contributed by atoms with van der Waals surface area (Å²) in [5, 5.41) is 4.98. The summed E-state index contributed by atoms with van der Waals surface area (Å²) >= 11 is 12.5. The van der Waals surface area contributed by atoms with Crippen LogP contribution in [0.1, 0.15) is 34.8 Å². The number of nitrogens with zero attached hydrogens (tertiary/aromatic N) is 2. The van der Waals surface area contributed by atoms with Crippen LogP contribution < -0.4 is 5.32 Å². The Morgan fingerprint density at radius 1 is 1.36 bits per heavy atom. The van der Waals surface area contributed by atoms with E-state index in [0.29, 0.717) is 28.2 Å². The van der Waals surface area contributed by atoms with E-state index in [9.17, 15) is 4.79 Å². The molecule has 1 aromatic carbocycles. The zero-order valence-electron chi connectivity index (χ0n) is 13.8. The minimum Gasteiger partial charge on any atom is -0.373 e. The average Bonchev–Trinajstić information content (AvgIpc) is 3.23. The van der Waals surface area contributed by atoms with Gasteiger partial charge in [0.25, 0.3) is 5.91 Å². The van der Waals surface area contributed by atoms with Crippen molar-refractivity contribution in [3.8, 4) is 0 Å². The van der Waals surface area contributed by atoms with Gasteiger partial charge in [-0.2, -0.15) is 0 Å². The fourth-order valence-electron chi connectivity index (χ4n) is 3.50. The molecule has 3 aromatic rings. The molecule has 1 aliphatic rings. The van der Waals surface area contributed by atoms with Gasteiger partial charge in [-0.25, -0.2) is 4.98 Å². The number of carbonyl (C=O) groups excluding carboxylic acids is 1. The lowest BCUT2D eigenvalue weighted by Crippen LogP contribution is -2.39. The molecule has 0 spiro atoms. The molecule has 0 radical (unpaired) electrons. The minimum absolute atomic E-state index is 0.0922. The zero-order chi connectivity index (χ0) is 17.7. The molecule has 0 fully saturated rings. The summed E-state index contributed by atoms with van der Waals surface area (Å²) < 4.78 is 0. The molecule has 25 heavy (non-hydrogen) atoms. The maximum absolute atomic E-state index is 12.9. The number of anilines is 1. The number of amides is 1. The molecule has 130 valence electrons. The molecule has 1 unspecified atom stereocenters. The van der Waals surface area contributed by atoms with Crippen molar-refractivity contribution in [2.75, 3.05) is 18.9 Å². The fraction of sp³-hybridized carbons (Fsp3) is 0.294. The van der Waals surface area contributed by atoms with Crippen LogP contribution >= 0.6 is 23.2 Å². The first kappa shape index (κ1) is 16.3. The lowest BCUT2D eigenvalue weighted by molar-refractivity contribution is 0.0667. The van der Waals surface area contributed by atoms with E-state index in [0.717, 1.165) is 28.6 Å². The number of rotatable bonds is 2. The quantitative estimate of drug-likeness (QED) is 0.631. The number of aromatic nitrogens is 3. The van der Waals surface area contributed by atoms with Crippen molar-refractivity contribution in [3.63, 3.8) is 0 Å². The van der Waals surface area contributed by atoms with Crippen molar-refractivity contribution in [3.05, 3.63) is 45.5 Å². The summed E-state index contributed by atoms with van der Waals surface area (Å²) in [6, 6.07) is 3.65. The third-order valence-corrected chi connectivity index (χ3v) is 5.59. The normalized spacial score (nSPS) is 17.0. The Morgan fingerprint density at radius 2 is 2.16 bits per heavy atom. The Hall–Kier alpha value is -2.18. The summed E-state index contributed by atoms with van der Waals surface area (Å²) in [6.45, 7) is 2.63. The second kappa shape index (κ2) is 5.97. The third-order valence-electron chi connectivity index (χ3n) is 4.78. The molecule has 1 amide bonds. The van der Waals surface area contributed by atoms with Crippen LogP contribution in [0, 0.1) is 0 Å². The predicted molar refractivity (Wildman–Crippen MR) is 99.6 cm³/mol. The molecule has 8 heteroatoms. The van der Waals surface area contributed by atoms with Gasteiger partial charge < -0.3 is 20.2 Å². The van der Waals surface area contributed by atoms with Gasteiger partial charge in [0.2, 0.25) is 0 Å². The van der Waals surface area contributed by atoms with Crippen LogP contribution in [-0.2, 0) is 6.42 Å². The van der Waals surface area contributed by atoms with Gasteiger partial charge in [-0.05, 0) is 13.0 Å². The van der Waals surface area contributed by atoms with E-state index in [1.807, 2.05) is 17.9 Å². The second-order valence-electron chi connectivity index (χ2n) is 6.12. The molecule has 0 saturated heterocycles. The number of hydrogen-bond donors (Lipinski definition) is 3. The molecule has 4 rings (SSSR count). The molecule has 0 saturated carbocycles. The number of aromatic amines is 2. The summed E-state index contributed by atoms with van der Waals surface area (Å²) in [5.41, 5.74) is 3.02. The first-order chi connectivity index (χ1) is 12.0.